The molecule has 4 nitrogen and oxygen atoms in total. The van der Waals surface area contributed by atoms with Crippen molar-refractivity contribution >= 4 is 40.1 Å². The first-order valence-corrected chi connectivity index (χ1v) is 11.2. The van der Waals surface area contributed by atoms with Crippen LogP contribution < -0.4 is 10.2 Å². The molecule has 0 aromatic heterocycles. The fourth-order valence-corrected chi connectivity index (χ4v) is 6.75. The molecule has 2 aliphatic heterocycles. The number of anilines is 1. The number of hydrogen-bond donors (Lipinski definition) is 1. The molecule has 3 fully saturated rings. The van der Waals surface area contributed by atoms with Crippen LogP contribution in [0.3, 0.4) is 0 Å². The molecule has 28 heavy (non-hydrogen) atoms. The molecule has 1 saturated carbocycles. The van der Waals surface area contributed by atoms with Crippen molar-refractivity contribution in [2.45, 2.75) is 35.8 Å². The predicted octanol–water partition coefficient (Wildman–Crippen LogP) is 4.03. The van der Waals surface area contributed by atoms with E-state index in [0.717, 1.165) is 24.1 Å². The van der Waals surface area contributed by atoms with E-state index in [9.17, 15) is 9.59 Å². The van der Waals surface area contributed by atoms with Gasteiger partial charge in [0.1, 0.15) is 0 Å². The number of amides is 2. The Labute approximate surface area is 178 Å². The third-order valence-electron chi connectivity index (χ3n) is 6.72. The standard InChI is InChI=1S/C23H23IN2O2/c1-13-7-9-15(10-8-13)26-20(14-5-3-2-4-6-14)19-18-16(22(27)25-23(19)28)11-12-17(24)21(18)26/h2-10,16-21H,11-12H2,1H3,(H,25,27,28)/t16-,17+,18+,19-,20-,21+/m1/s1. The number of hydrogen-bond acceptors (Lipinski definition) is 3. The lowest BCUT2D eigenvalue weighted by molar-refractivity contribution is -0.144. The van der Waals surface area contributed by atoms with Crippen LogP contribution in [0, 0.1) is 24.7 Å². The van der Waals surface area contributed by atoms with Gasteiger partial charge in [-0.2, -0.15) is 0 Å². The molecule has 2 amide bonds. The number of aryl methyl sites for hydroxylation is 1. The van der Waals surface area contributed by atoms with E-state index in [-0.39, 0.29) is 41.7 Å². The Kier molecular flexibility index (Phi) is 4.45. The van der Waals surface area contributed by atoms with Gasteiger partial charge in [-0.1, -0.05) is 70.6 Å². The normalized spacial score (nSPS) is 34.1. The van der Waals surface area contributed by atoms with Crippen molar-refractivity contribution in [1.29, 1.82) is 0 Å². The van der Waals surface area contributed by atoms with Crippen LogP contribution in [0.25, 0.3) is 0 Å². The van der Waals surface area contributed by atoms with Gasteiger partial charge in [0.15, 0.2) is 0 Å². The third kappa shape index (κ3) is 2.70. The molecule has 144 valence electrons. The molecule has 3 aliphatic rings. The van der Waals surface area contributed by atoms with Crippen molar-refractivity contribution in [3.63, 3.8) is 0 Å². The lowest BCUT2D eigenvalue weighted by Gasteiger charge is -2.42. The zero-order valence-electron chi connectivity index (χ0n) is 15.7. The van der Waals surface area contributed by atoms with Crippen LogP contribution in [-0.4, -0.2) is 21.8 Å². The second-order valence-corrected chi connectivity index (χ2v) is 9.85. The number of halogens is 1. The average molecular weight is 486 g/mol. The largest absolute Gasteiger partial charge is 0.359 e. The molecule has 2 heterocycles. The minimum absolute atomic E-state index is 0.0510. The van der Waals surface area contributed by atoms with Crippen LogP contribution in [0.1, 0.15) is 30.0 Å². The van der Waals surface area contributed by atoms with Crippen LogP contribution >= 0.6 is 22.6 Å². The zero-order valence-corrected chi connectivity index (χ0v) is 17.9. The van der Waals surface area contributed by atoms with Gasteiger partial charge in [0.05, 0.1) is 12.0 Å². The first kappa shape index (κ1) is 18.2. The molecular weight excluding hydrogens is 463 g/mol. The summed E-state index contributed by atoms with van der Waals surface area (Å²) in [5.74, 6) is -0.375. The molecule has 5 rings (SSSR count). The van der Waals surface area contributed by atoms with Crippen LogP contribution in [-0.2, 0) is 9.59 Å². The Morgan fingerprint density at radius 2 is 1.68 bits per heavy atom. The van der Waals surface area contributed by atoms with Crippen LogP contribution in [0.2, 0.25) is 0 Å². The lowest BCUT2D eigenvalue weighted by Crippen LogP contribution is -2.56. The number of rotatable bonds is 2. The van der Waals surface area contributed by atoms with Gasteiger partial charge in [0.2, 0.25) is 11.8 Å². The van der Waals surface area contributed by atoms with Crippen LogP contribution in [0.5, 0.6) is 0 Å². The SMILES string of the molecule is Cc1ccc(N2[C@@H]3[C@@H]4[C@@H](C(=O)NC(=O)[C@@H]4CC[C@@H]3I)[C@H]2c2ccccc2)cc1. The van der Waals surface area contributed by atoms with E-state index in [1.54, 1.807) is 0 Å². The van der Waals surface area contributed by atoms with E-state index < -0.39 is 0 Å². The monoisotopic (exact) mass is 486 g/mol. The minimum Gasteiger partial charge on any atom is -0.359 e. The van der Waals surface area contributed by atoms with Crippen molar-refractivity contribution in [2.24, 2.45) is 17.8 Å². The van der Waals surface area contributed by atoms with Gasteiger partial charge < -0.3 is 4.90 Å². The summed E-state index contributed by atoms with van der Waals surface area (Å²) in [4.78, 5) is 28.2. The Morgan fingerprint density at radius 3 is 2.39 bits per heavy atom. The van der Waals surface area contributed by atoms with Crippen molar-refractivity contribution in [1.82, 2.24) is 5.32 Å². The third-order valence-corrected chi connectivity index (χ3v) is 8.08. The highest BCUT2D eigenvalue weighted by Gasteiger charge is 2.62. The van der Waals surface area contributed by atoms with Crippen LogP contribution in [0.15, 0.2) is 54.6 Å². The van der Waals surface area contributed by atoms with E-state index in [0.29, 0.717) is 3.92 Å². The van der Waals surface area contributed by atoms with E-state index in [1.165, 1.54) is 5.56 Å². The van der Waals surface area contributed by atoms with Gasteiger partial charge in [0.25, 0.3) is 0 Å². The first-order chi connectivity index (χ1) is 13.6. The van der Waals surface area contributed by atoms with Gasteiger partial charge in [-0.15, -0.1) is 0 Å². The lowest BCUT2D eigenvalue weighted by atomic mass is 9.68. The van der Waals surface area contributed by atoms with E-state index in [1.807, 2.05) is 18.2 Å². The van der Waals surface area contributed by atoms with Gasteiger partial charge in [0, 0.05) is 27.5 Å². The van der Waals surface area contributed by atoms with E-state index in [4.69, 9.17) is 0 Å². The summed E-state index contributed by atoms with van der Waals surface area (Å²) in [5, 5.41) is 2.69. The highest BCUT2D eigenvalue weighted by atomic mass is 127. The Balaban J connectivity index is 1.70. The number of benzene rings is 2. The molecule has 0 unspecified atom stereocenters. The number of alkyl halides is 1. The molecule has 1 N–H and O–H groups in total. The fourth-order valence-electron chi connectivity index (χ4n) is 5.56. The van der Waals surface area contributed by atoms with Gasteiger partial charge in [-0.25, -0.2) is 0 Å². The molecular formula is C23H23IN2O2. The number of nitrogens with one attached hydrogen (secondary N) is 1. The number of carbonyl (C=O) groups is 2. The quantitative estimate of drug-likeness (QED) is 0.397. The summed E-state index contributed by atoms with van der Waals surface area (Å²) in [6, 6.07) is 19.0. The smallest absolute Gasteiger partial charge is 0.232 e. The maximum atomic E-state index is 13.1. The predicted molar refractivity (Wildman–Crippen MR) is 117 cm³/mol. The van der Waals surface area contributed by atoms with Crippen molar-refractivity contribution in [2.75, 3.05) is 4.90 Å². The van der Waals surface area contributed by atoms with Gasteiger partial charge in [-0.3, -0.25) is 14.9 Å². The molecule has 0 radical (unpaired) electrons. The maximum absolute atomic E-state index is 13.1. The number of piperidine rings is 1. The Morgan fingerprint density at radius 1 is 0.964 bits per heavy atom. The van der Waals surface area contributed by atoms with E-state index in [2.05, 4.69) is 76.1 Å². The summed E-state index contributed by atoms with van der Waals surface area (Å²) < 4.78 is 0.412. The molecule has 2 aromatic rings. The number of carbonyl (C=O) groups excluding carboxylic acids is 2. The van der Waals surface area contributed by atoms with Crippen molar-refractivity contribution < 1.29 is 9.59 Å². The number of imide groups is 1. The second-order valence-electron chi connectivity index (χ2n) is 8.25. The maximum Gasteiger partial charge on any atom is 0.232 e. The molecule has 6 atom stereocenters. The highest BCUT2D eigenvalue weighted by molar-refractivity contribution is 14.1. The fraction of sp³-hybridized carbons (Fsp3) is 0.391. The molecule has 0 bridgehead atoms. The van der Waals surface area contributed by atoms with E-state index >= 15 is 0 Å². The van der Waals surface area contributed by atoms with Crippen molar-refractivity contribution in [3.8, 4) is 0 Å². The molecule has 2 saturated heterocycles. The molecule has 0 spiro atoms. The summed E-state index contributed by atoms with van der Waals surface area (Å²) in [7, 11) is 0. The minimum atomic E-state index is -0.200. The summed E-state index contributed by atoms with van der Waals surface area (Å²) in [6.07, 6.45) is 1.87. The summed E-state index contributed by atoms with van der Waals surface area (Å²) >= 11 is 2.54. The van der Waals surface area contributed by atoms with Gasteiger partial charge in [-0.05, 0) is 37.5 Å². The molecule has 2 aromatic carbocycles. The van der Waals surface area contributed by atoms with Crippen molar-refractivity contribution in [3.05, 3.63) is 65.7 Å². The second kappa shape index (κ2) is 6.87. The average Bonchev–Trinajstić information content (AvgIpc) is 3.06. The Bertz CT molecular complexity index is 914. The molecule has 5 heteroatoms. The first-order valence-electron chi connectivity index (χ1n) is 9.95. The van der Waals surface area contributed by atoms with Gasteiger partial charge >= 0.3 is 0 Å². The Hall–Kier alpha value is -1.89. The summed E-state index contributed by atoms with van der Waals surface area (Å²) in [6.45, 7) is 2.09. The van der Waals surface area contributed by atoms with Crippen LogP contribution in [0.4, 0.5) is 5.69 Å². The summed E-state index contributed by atoms with van der Waals surface area (Å²) in [5.41, 5.74) is 3.51. The zero-order chi connectivity index (χ0) is 19.4. The number of nitrogens with zero attached hydrogens (tertiary/aromatic N) is 1. The molecule has 1 aliphatic carbocycles. The topological polar surface area (TPSA) is 49.4 Å². The highest BCUT2D eigenvalue weighted by Crippen LogP contribution is 2.56.